The molecule has 0 aromatic heterocycles. The fraction of sp³-hybridized carbons (Fsp3) is 0.276. The summed E-state index contributed by atoms with van der Waals surface area (Å²) in [5.41, 5.74) is -4.46. The summed E-state index contributed by atoms with van der Waals surface area (Å²) in [5, 5.41) is 5.60. The molecule has 2 saturated carbocycles. The molecule has 6 nitrogen and oxygen atoms in total. The van der Waals surface area contributed by atoms with E-state index in [1.807, 2.05) is 5.32 Å². The van der Waals surface area contributed by atoms with Gasteiger partial charge in [-0.1, -0.05) is 17.7 Å². The van der Waals surface area contributed by atoms with Gasteiger partial charge in [-0.2, -0.15) is 30.7 Å². The zero-order chi connectivity index (χ0) is 35.7. The minimum atomic E-state index is -5.05. The topological polar surface area (TPSA) is 87.3 Å². The number of carbonyl (C=O) groups is 3. The zero-order valence-electron chi connectivity index (χ0n) is 23.2. The number of nitrogens with one attached hydrogen (secondary N) is 3. The maximum Gasteiger partial charge on any atom is 0.419 e. The molecular weight excluding hydrogens is 735 g/mol. The van der Waals surface area contributed by atoms with Gasteiger partial charge in [0.2, 0.25) is 11.8 Å². The fourth-order valence-electron chi connectivity index (χ4n) is 5.08. The summed E-state index contributed by atoms with van der Waals surface area (Å²) in [5.74, 6) is -23.0. The molecule has 3 amide bonds. The second-order valence-electron chi connectivity index (χ2n) is 10.9. The van der Waals surface area contributed by atoms with E-state index in [0.29, 0.717) is 24.3 Å². The van der Waals surface area contributed by atoms with Gasteiger partial charge in [-0.3, -0.25) is 14.4 Å². The Bertz CT molecular complexity index is 1850. The number of halogens is 13. The summed E-state index contributed by atoms with van der Waals surface area (Å²) in [4.78, 5) is 38.1. The molecule has 2 aliphatic rings. The minimum absolute atomic E-state index is 0.134. The first-order chi connectivity index (χ1) is 22.1. The molecule has 2 aliphatic carbocycles. The SMILES string of the molecule is O=C(Nc1ccc(F)c(NC(=O)C2CC(F)(F)C2(F)F)c1F)c1cc(NC(=O)[C@H]2[C@H](c3ccc(F)c(C(F)(F)F)c3)C2(Cl)Cl)ccc1Cl. The smallest absolute Gasteiger partial charge is 0.326 e. The van der Waals surface area contributed by atoms with Crippen molar-refractivity contribution in [3.8, 4) is 0 Å². The Morgan fingerprint density at radius 2 is 1.46 bits per heavy atom. The molecule has 3 aromatic carbocycles. The maximum atomic E-state index is 15.1. The number of hydrogen-bond acceptors (Lipinski definition) is 3. The monoisotopic (exact) mass is 749 g/mol. The predicted molar refractivity (Wildman–Crippen MR) is 153 cm³/mol. The first kappa shape index (κ1) is 35.5. The van der Waals surface area contributed by atoms with Gasteiger partial charge in [0.05, 0.1) is 27.8 Å². The van der Waals surface area contributed by atoms with Crippen LogP contribution in [0.15, 0.2) is 48.5 Å². The van der Waals surface area contributed by atoms with E-state index in [2.05, 4.69) is 5.32 Å². The standard InChI is InChI=1S/C29H16Cl3F10N3O3/c30-15-3-2-11(43-25(48)20-19(27(20,31)32)10-1-4-16(33)13(7-10)29(40,41)42)8-12(15)23(46)44-18-6-5-17(34)22(21(18)35)45-24(47)14-9-26(36,37)28(14,38)39/h1-8,14,19-20H,9H2,(H,43,48)(H,44,46)(H,45,47)/t14?,19-,20+/m0/s1. The van der Waals surface area contributed by atoms with E-state index in [1.165, 1.54) is 11.4 Å². The van der Waals surface area contributed by atoms with Gasteiger partial charge in [0.1, 0.15) is 27.6 Å². The number of anilines is 3. The molecule has 0 saturated heterocycles. The Kier molecular flexibility index (Phi) is 8.87. The van der Waals surface area contributed by atoms with Crippen LogP contribution in [0.2, 0.25) is 5.02 Å². The van der Waals surface area contributed by atoms with Crippen LogP contribution in [-0.4, -0.2) is 33.9 Å². The van der Waals surface area contributed by atoms with Crippen molar-refractivity contribution in [1.29, 1.82) is 0 Å². The third kappa shape index (κ3) is 6.25. The Labute approximate surface area is 277 Å². The van der Waals surface area contributed by atoms with Crippen molar-refractivity contribution in [2.45, 2.75) is 34.7 Å². The van der Waals surface area contributed by atoms with Crippen LogP contribution in [0.25, 0.3) is 0 Å². The van der Waals surface area contributed by atoms with E-state index in [1.54, 1.807) is 0 Å². The van der Waals surface area contributed by atoms with E-state index >= 15 is 4.39 Å². The second kappa shape index (κ2) is 12.0. The van der Waals surface area contributed by atoms with Gasteiger partial charge in [0.15, 0.2) is 5.82 Å². The van der Waals surface area contributed by atoms with Gasteiger partial charge in [-0.25, -0.2) is 13.2 Å². The van der Waals surface area contributed by atoms with E-state index < -0.39 is 104 Å². The predicted octanol–water partition coefficient (Wildman–Crippen LogP) is 8.78. The molecule has 0 aliphatic heterocycles. The number of benzene rings is 3. The van der Waals surface area contributed by atoms with Crippen LogP contribution in [0, 0.1) is 29.3 Å². The van der Waals surface area contributed by atoms with Gasteiger partial charge >= 0.3 is 18.0 Å². The molecule has 2 fully saturated rings. The largest absolute Gasteiger partial charge is 0.419 e. The van der Waals surface area contributed by atoms with Gasteiger partial charge < -0.3 is 16.0 Å². The number of alkyl halides is 9. The van der Waals surface area contributed by atoms with Crippen molar-refractivity contribution in [3.63, 3.8) is 0 Å². The van der Waals surface area contributed by atoms with Gasteiger partial charge in [-0.15, -0.1) is 23.2 Å². The van der Waals surface area contributed by atoms with Gasteiger partial charge in [0.25, 0.3) is 5.91 Å². The number of amides is 3. The maximum absolute atomic E-state index is 15.1. The van der Waals surface area contributed by atoms with Crippen LogP contribution >= 0.6 is 34.8 Å². The van der Waals surface area contributed by atoms with Crippen molar-refractivity contribution >= 4 is 69.6 Å². The molecule has 256 valence electrons. The van der Waals surface area contributed by atoms with Crippen molar-refractivity contribution in [3.05, 3.63) is 87.7 Å². The van der Waals surface area contributed by atoms with Crippen molar-refractivity contribution in [1.82, 2.24) is 0 Å². The first-order valence-corrected chi connectivity index (χ1v) is 14.4. The normalized spacial score (nSPS) is 21.9. The number of rotatable bonds is 7. The summed E-state index contributed by atoms with van der Waals surface area (Å²) in [6.45, 7) is 0. The lowest BCUT2D eigenvalue weighted by Crippen LogP contribution is -2.62. The third-order valence-electron chi connectivity index (χ3n) is 7.76. The van der Waals surface area contributed by atoms with Crippen LogP contribution < -0.4 is 16.0 Å². The fourth-order valence-corrected chi connectivity index (χ4v) is 6.12. The summed E-state index contributed by atoms with van der Waals surface area (Å²) in [7, 11) is 0. The highest BCUT2D eigenvalue weighted by Gasteiger charge is 2.74. The van der Waals surface area contributed by atoms with E-state index in [4.69, 9.17) is 34.8 Å². The third-order valence-corrected chi connectivity index (χ3v) is 9.03. The molecule has 1 unspecified atom stereocenters. The molecule has 0 radical (unpaired) electrons. The molecule has 19 heteroatoms. The van der Waals surface area contributed by atoms with E-state index in [0.717, 1.165) is 18.2 Å². The molecule has 0 heterocycles. The Morgan fingerprint density at radius 1 is 0.812 bits per heavy atom. The van der Waals surface area contributed by atoms with Crippen LogP contribution in [-0.2, 0) is 15.8 Å². The molecule has 48 heavy (non-hydrogen) atoms. The van der Waals surface area contributed by atoms with Crippen molar-refractivity contribution < 1.29 is 58.3 Å². The van der Waals surface area contributed by atoms with Gasteiger partial charge in [-0.05, 0) is 48.0 Å². The zero-order valence-corrected chi connectivity index (χ0v) is 25.5. The summed E-state index contributed by atoms with van der Waals surface area (Å²) >= 11 is 18.4. The Balaban J connectivity index is 1.31. The molecular formula is C29H16Cl3F10N3O3. The van der Waals surface area contributed by atoms with E-state index in [-0.39, 0.29) is 16.3 Å². The molecule has 3 aromatic rings. The molecule has 0 bridgehead atoms. The van der Waals surface area contributed by atoms with Crippen LogP contribution in [0.4, 0.5) is 61.0 Å². The summed E-state index contributed by atoms with van der Waals surface area (Å²) in [6.07, 6.45) is -6.62. The highest BCUT2D eigenvalue weighted by Crippen LogP contribution is 2.65. The molecule has 3 atom stereocenters. The van der Waals surface area contributed by atoms with E-state index in [9.17, 15) is 53.9 Å². The lowest BCUT2D eigenvalue weighted by molar-refractivity contribution is -0.303. The molecule has 0 spiro atoms. The van der Waals surface area contributed by atoms with Crippen LogP contribution in [0.3, 0.4) is 0 Å². The average molecular weight is 751 g/mol. The van der Waals surface area contributed by atoms with Crippen molar-refractivity contribution in [2.24, 2.45) is 11.8 Å². The average Bonchev–Trinajstić information content (AvgIpc) is 3.57. The lowest BCUT2D eigenvalue weighted by Gasteiger charge is -2.42. The highest BCUT2D eigenvalue weighted by molar-refractivity contribution is 6.53. The number of carbonyl (C=O) groups excluding carboxylic acids is 3. The summed E-state index contributed by atoms with van der Waals surface area (Å²) in [6, 6.07) is 6.54. The summed E-state index contributed by atoms with van der Waals surface area (Å²) < 4.78 is 134. The first-order valence-electron chi connectivity index (χ1n) is 13.3. The Morgan fingerprint density at radius 3 is 2.06 bits per heavy atom. The lowest BCUT2D eigenvalue weighted by atomic mass is 9.76. The van der Waals surface area contributed by atoms with Crippen molar-refractivity contribution in [2.75, 3.05) is 16.0 Å². The highest BCUT2D eigenvalue weighted by atomic mass is 35.5. The second-order valence-corrected chi connectivity index (χ2v) is 12.7. The minimum Gasteiger partial charge on any atom is -0.326 e. The van der Waals surface area contributed by atoms with Crippen LogP contribution in [0.5, 0.6) is 0 Å². The van der Waals surface area contributed by atoms with Gasteiger partial charge in [0, 0.05) is 18.0 Å². The van der Waals surface area contributed by atoms with Crippen LogP contribution in [0.1, 0.15) is 33.8 Å². The number of hydrogen-bond donors (Lipinski definition) is 3. The quantitative estimate of drug-likeness (QED) is 0.167. The molecule has 3 N–H and O–H groups in total. The molecule has 5 rings (SSSR count). The Hall–Kier alpha value is -3.76.